The maximum Gasteiger partial charge on any atom is 0.131 e. The van der Waals surface area contributed by atoms with Crippen LogP contribution in [0, 0.1) is 12.3 Å². The zero-order valence-electron chi connectivity index (χ0n) is 15.6. The number of aryl methyl sites for hydroxylation is 2. The Bertz CT molecular complexity index is 578. The second-order valence-electron chi connectivity index (χ2n) is 7.82. The van der Waals surface area contributed by atoms with E-state index in [1.54, 1.807) is 0 Å². The van der Waals surface area contributed by atoms with Crippen molar-refractivity contribution in [2.24, 2.45) is 12.5 Å². The molecule has 0 amide bonds. The Kier molecular flexibility index (Phi) is 5.93. The molecule has 1 aromatic heterocycles. The smallest absolute Gasteiger partial charge is 0.131 e. The van der Waals surface area contributed by atoms with E-state index in [4.69, 9.17) is 9.84 Å². The molecule has 0 atom stereocenters. The molecule has 0 aromatic carbocycles. The van der Waals surface area contributed by atoms with Crippen LogP contribution in [0.1, 0.15) is 30.5 Å². The molecule has 0 unspecified atom stereocenters. The van der Waals surface area contributed by atoms with Crippen LogP contribution < -0.4 is 10.2 Å². The number of halogens is 1. The monoisotopic (exact) mass is 369 g/mol. The van der Waals surface area contributed by atoms with Crippen LogP contribution in [0.3, 0.4) is 0 Å². The van der Waals surface area contributed by atoms with Crippen LogP contribution in [0.5, 0.6) is 0 Å². The number of anilines is 1. The summed E-state index contributed by atoms with van der Waals surface area (Å²) < 4.78 is 7.60. The third-order valence-electron chi connectivity index (χ3n) is 6.19. The molecular weight excluding hydrogens is 338 g/mol. The number of hydrogen-bond acceptors (Lipinski definition) is 5. The Balaban J connectivity index is 0.00000182. The fraction of sp³-hybridized carbons (Fsp3) is 0.833. The van der Waals surface area contributed by atoms with Gasteiger partial charge in [0.15, 0.2) is 0 Å². The molecular formula is C18H32ClN5O. The number of aromatic nitrogens is 2. The average Bonchev–Trinajstić information content (AvgIpc) is 3.10. The first-order valence-corrected chi connectivity index (χ1v) is 9.45. The van der Waals surface area contributed by atoms with E-state index in [1.807, 2.05) is 0 Å². The summed E-state index contributed by atoms with van der Waals surface area (Å²) in [6, 6.07) is 0. The van der Waals surface area contributed by atoms with Crippen molar-refractivity contribution in [3.8, 4) is 0 Å². The van der Waals surface area contributed by atoms with Gasteiger partial charge in [0, 0.05) is 38.8 Å². The second kappa shape index (κ2) is 7.82. The molecule has 0 radical (unpaired) electrons. The van der Waals surface area contributed by atoms with E-state index in [-0.39, 0.29) is 12.4 Å². The zero-order valence-corrected chi connectivity index (χ0v) is 16.4. The summed E-state index contributed by atoms with van der Waals surface area (Å²) in [4.78, 5) is 5.12. The summed E-state index contributed by atoms with van der Waals surface area (Å²) in [5.41, 5.74) is 3.18. The molecule has 142 valence electrons. The van der Waals surface area contributed by atoms with Crippen LogP contribution >= 0.6 is 12.4 Å². The first-order valence-electron chi connectivity index (χ1n) is 9.45. The van der Waals surface area contributed by atoms with Gasteiger partial charge < -0.3 is 15.0 Å². The molecule has 4 rings (SSSR count). The third-order valence-corrected chi connectivity index (χ3v) is 6.19. The lowest BCUT2D eigenvalue weighted by molar-refractivity contribution is 0.122. The molecule has 3 aliphatic rings. The van der Waals surface area contributed by atoms with Gasteiger partial charge in [-0.05, 0) is 51.2 Å². The predicted octanol–water partition coefficient (Wildman–Crippen LogP) is 1.56. The number of hydrogen-bond donors (Lipinski definition) is 1. The Morgan fingerprint density at radius 2 is 1.84 bits per heavy atom. The van der Waals surface area contributed by atoms with Crippen molar-refractivity contribution < 1.29 is 4.74 Å². The SMILES string of the molecule is Cc1nn(C)c(N2CCOCC2)c1CN1CCC2(CCNCC2)C1.Cl. The highest BCUT2D eigenvalue weighted by Crippen LogP contribution is 2.39. The van der Waals surface area contributed by atoms with Crippen molar-refractivity contribution in [2.75, 3.05) is 57.4 Å². The van der Waals surface area contributed by atoms with Gasteiger partial charge in [0.05, 0.1) is 18.9 Å². The molecule has 0 saturated carbocycles. The Morgan fingerprint density at radius 1 is 1.12 bits per heavy atom. The maximum atomic E-state index is 5.53. The van der Waals surface area contributed by atoms with Crippen LogP contribution in [0.2, 0.25) is 0 Å². The quantitative estimate of drug-likeness (QED) is 0.876. The standard InChI is InChI=1S/C18H31N5O.ClH/c1-15-16(17(21(2)20-15)23-9-11-24-12-10-23)13-22-8-5-18(14-22)3-6-19-7-4-18;/h19H,3-14H2,1-2H3;1H. The van der Waals surface area contributed by atoms with Gasteiger partial charge in [-0.2, -0.15) is 5.10 Å². The van der Waals surface area contributed by atoms with E-state index in [2.05, 4.69) is 33.8 Å². The molecule has 6 nitrogen and oxygen atoms in total. The summed E-state index contributed by atoms with van der Waals surface area (Å²) in [6.45, 7) is 11.7. The molecule has 25 heavy (non-hydrogen) atoms. The Hall–Kier alpha value is -0.820. The number of likely N-dealkylation sites (tertiary alicyclic amines) is 1. The third kappa shape index (κ3) is 3.82. The van der Waals surface area contributed by atoms with E-state index in [0.29, 0.717) is 5.41 Å². The van der Waals surface area contributed by atoms with Crippen molar-refractivity contribution >= 4 is 18.2 Å². The summed E-state index contributed by atoms with van der Waals surface area (Å²) in [6.07, 6.45) is 4.04. The molecule has 4 heterocycles. The number of piperidine rings is 1. The van der Waals surface area contributed by atoms with Gasteiger partial charge in [-0.15, -0.1) is 12.4 Å². The van der Waals surface area contributed by atoms with Crippen LogP contribution in [0.15, 0.2) is 0 Å². The summed E-state index contributed by atoms with van der Waals surface area (Å²) in [7, 11) is 2.08. The summed E-state index contributed by atoms with van der Waals surface area (Å²) >= 11 is 0. The van der Waals surface area contributed by atoms with Gasteiger partial charge in [-0.3, -0.25) is 9.58 Å². The topological polar surface area (TPSA) is 45.6 Å². The van der Waals surface area contributed by atoms with Crippen molar-refractivity contribution in [3.63, 3.8) is 0 Å². The minimum atomic E-state index is 0. The lowest BCUT2D eigenvalue weighted by Crippen LogP contribution is -2.39. The van der Waals surface area contributed by atoms with Crippen LogP contribution in [0.25, 0.3) is 0 Å². The zero-order chi connectivity index (χ0) is 16.6. The maximum absolute atomic E-state index is 5.53. The Labute approximate surface area is 157 Å². The molecule has 3 saturated heterocycles. The molecule has 0 bridgehead atoms. The van der Waals surface area contributed by atoms with E-state index in [9.17, 15) is 0 Å². The highest BCUT2D eigenvalue weighted by Gasteiger charge is 2.39. The van der Waals surface area contributed by atoms with E-state index < -0.39 is 0 Å². The van der Waals surface area contributed by atoms with E-state index >= 15 is 0 Å². The largest absolute Gasteiger partial charge is 0.378 e. The lowest BCUT2D eigenvalue weighted by atomic mass is 9.78. The predicted molar refractivity (Wildman–Crippen MR) is 103 cm³/mol. The number of rotatable bonds is 3. The van der Waals surface area contributed by atoms with Gasteiger partial charge >= 0.3 is 0 Å². The highest BCUT2D eigenvalue weighted by molar-refractivity contribution is 5.85. The molecule has 3 fully saturated rings. The van der Waals surface area contributed by atoms with Crippen LogP contribution in [-0.4, -0.2) is 67.2 Å². The molecule has 0 aliphatic carbocycles. The second-order valence-corrected chi connectivity index (χ2v) is 7.82. The molecule has 3 aliphatic heterocycles. The normalized spacial score (nSPS) is 23.8. The van der Waals surface area contributed by atoms with Gasteiger partial charge in [0.1, 0.15) is 5.82 Å². The highest BCUT2D eigenvalue weighted by atomic mass is 35.5. The Morgan fingerprint density at radius 3 is 2.56 bits per heavy atom. The molecule has 7 heteroatoms. The summed E-state index contributed by atoms with van der Waals surface area (Å²) in [5.74, 6) is 1.31. The van der Waals surface area contributed by atoms with E-state index in [1.165, 1.54) is 62.5 Å². The van der Waals surface area contributed by atoms with Crippen LogP contribution in [-0.2, 0) is 18.3 Å². The number of nitrogens with one attached hydrogen (secondary N) is 1. The average molecular weight is 370 g/mol. The molecule has 1 spiro atoms. The number of ether oxygens (including phenoxy) is 1. The van der Waals surface area contributed by atoms with Crippen molar-refractivity contribution in [2.45, 2.75) is 32.7 Å². The van der Waals surface area contributed by atoms with Gasteiger partial charge in [-0.25, -0.2) is 0 Å². The van der Waals surface area contributed by atoms with Crippen molar-refractivity contribution in [1.29, 1.82) is 0 Å². The fourth-order valence-corrected chi connectivity index (χ4v) is 4.80. The molecule has 1 aromatic rings. The van der Waals surface area contributed by atoms with E-state index in [0.717, 1.165) is 32.8 Å². The van der Waals surface area contributed by atoms with Crippen molar-refractivity contribution in [3.05, 3.63) is 11.3 Å². The minimum absolute atomic E-state index is 0. The molecule has 1 N–H and O–H groups in total. The van der Waals surface area contributed by atoms with Gasteiger partial charge in [0.2, 0.25) is 0 Å². The van der Waals surface area contributed by atoms with Gasteiger partial charge in [-0.1, -0.05) is 0 Å². The fourth-order valence-electron chi connectivity index (χ4n) is 4.80. The summed E-state index contributed by atoms with van der Waals surface area (Å²) in [5, 5.41) is 8.24. The first-order chi connectivity index (χ1) is 11.7. The minimum Gasteiger partial charge on any atom is -0.378 e. The number of nitrogens with zero attached hydrogens (tertiary/aromatic N) is 4. The number of morpholine rings is 1. The van der Waals surface area contributed by atoms with Crippen molar-refractivity contribution in [1.82, 2.24) is 20.0 Å². The van der Waals surface area contributed by atoms with Crippen LogP contribution in [0.4, 0.5) is 5.82 Å². The first kappa shape index (κ1) is 19.0. The van der Waals surface area contributed by atoms with Gasteiger partial charge in [0.25, 0.3) is 0 Å². The lowest BCUT2D eigenvalue weighted by Gasteiger charge is -2.34.